The van der Waals surface area contributed by atoms with E-state index in [1.54, 1.807) is 84.9 Å². The van der Waals surface area contributed by atoms with Crippen LogP contribution in [0.3, 0.4) is 0 Å². The number of phenolic OH excluding ortho intramolecular Hbond substituents is 5. The molecule has 1 aromatic heterocycles. The largest absolute Gasteiger partial charge is 0.597 e. The van der Waals surface area contributed by atoms with Gasteiger partial charge >= 0.3 is 22.4 Å². The van der Waals surface area contributed by atoms with Gasteiger partial charge in [-0.2, -0.15) is 0 Å². The monoisotopic (exact) mass is 1830 g/mol. The molecule has 0 saturated heterocycles. The van der Waals surface area contributed by atoms with Crippen molar-refractivity contribution in [3.63, 3.8) is 0 Å². The number of rotatable bonds is 9. The van der Waals surface area contributed by atoms with E-state index in [1.165, 1.54) is 6.07 Å². The standard InChI is InChI=1S/C32H25O3P.C27H23O3P.C22H15O4P.C19H15O3P.C12H8O2P/c1-23-15-17-25(18-16-23)32(24-9-3-2-4-10-24,26-19-21-27(33)22-20-26)36(34)31-14-8-6-12-29(31)28-11-5-7-13-30(28)35-36;1-19-11-13-20(14-12-19)27(2,21-15-17-22(28)18-16-21)31(29)26-10-6-4-8-24(26)23-7-3-5-9-25(23)30-31;23-18-13-21(22(24)17-10-2-1-7-14(17)18)27(25)20-12-6-4-9-16(20)15-8-3-5-11-19(15)26-27;1-13-10-11-14(20)12-19(13)23(21)18-9-5-3-7-16(18)15-6-2-4-8-17(15)22-23;13-15-12-8-4-2-6-10(12)9-5-1-3-7-11(9)14-15/h2-22,33H,1H3;3-18,28H,1-2H3;1-13,23-24H;2-12,20H,1H3;1-8H/q;;;;+1. The lowest BCUT2D eigenvalue weighted by molar-refractivity contribution is 0.461. The lowest BCUT2D eigenvalue weighted by Crippen LogP contribution is -2.37. The third-order valence-electron chi connectivity index (χ3n) is 24.8. The van der Waals surface area contributed by atoms with E-state index in [1.807, 2.05) is 355 Å². The van der Waals surface area contributed by atoms with E-state index >= 15 is 9.13 Å². The van der Waals surface area contributed by atoms with Crippen LogP contribution in [0, 0.1) is 20.8 Å². The second-order valence-electron chi connectivity index (χ2n) is 32.7. The number of aryl methyl sites for hydroxylation is 3. The fourth-order valence-electron chi connectivity index (χ4n) is 18.2. The van der Waals surface area contributed by atoms with Crippen molar-refractivity contribution in [3.05, 3.63) is 463 Å². The average molecular weight is 1830 g/mol. The maximum absolute atomic E-state index is 15.9. The number of para-hydroxylation sites is 5. The Kier molecular flexibility index (Phi) is 23.1. The van der Waals surface area contributed by atoms with Gasteiger partial charge in [-0.05, 0) is 197 Å². The molecule has 0 amide bonds. The van der Waals surface area contributed by atoms with Gasteiger partial charge in [-0.25, -0.2) is 4.20 Å². The zero-order valence-corrected chi connectivity index (χ0v) is 76.4. The molecule has 0 radical (unpaired) electrons. The Balaban J connectivity index is 0.000000109. The Morgan fingerprint density at radius 2 is 0.614 bits per heavy atom. The molecule has 19 aromatic rings. The molecule has 5 N–H and O–H groups in total. The van der Waals surface area contributed by atoms with Gasteiger partial charge in [-0.3, -0.25) is 18.3 Å². The summed E-state index contributed by atoms with van der Waals surface area (Å²) in [6.45, 7) is 7.93. The summed E-state index contributed by atoms with van der Waals surface area (Å²) in [5, 5.41) is 56.1. The SMILES string of the molecule is Cc1ccc(C(C)(c2ccc(O)cc2)P2(=O)Oc3ccccc3-c3ccccc32)cc1.Cc1ccc(C(c2ccccc2)(c2ccc(O)cc2)P2(=O)Oc3ccccc3-c3ccccc32)cc1.Cc1ccc(O)cc1P1(=O)Oc2ccccc2-c2ccccc21.O=P1(c2cc(O)c3ccccc3c2O)Oc2ccccc2-c2ccccc21.O=[p+]1oc2ccccc2c2ccccc21. The minimum absolute atomic E-state index is 0.0476. The first-order valence-electron chi connectivity index (χ1n) is 42.8. The Hall–Kier alpha value is -14.8. The topological polar surface area (TPSA) is 237 Å². The molecule has 7 unspecified atom stereocenters. The van der Waals surface area contributed by atoms with Gasteiger partial charge in [0.15, 0.2) is 5.58 Å². The molecule has 15 nitrogen and oxygen atoms in total. The molecule has 23 rings (SSSR count). The molecule has 0 spiro atoms. The molecule has 648 valence electrons. The van der Waals surface area contributed by atoms with Gasteiger partial charge in [0, 0.05) is 43.8 Å². The van der Waals surface area contributed by atoms with Crippen molar-refractivity contribution in [2.24, 2.45) is 0 Å². The second kappa shape index (κ2) is 35.3. The van der Waals surface area contributed by atoms with Crippen molar-refractivity contribution in [2.45, 2.75) is 38.0 Å². The molecule has 20 heteroatoms. The van der Waals surface area contributed by atoms with Gasteiger partial charge < -0.3 is 43.6 Å². The third-order valence-corrected chi connectivity index (χ3v) is 37.3. The smallest absolute Gasteiger partial charge is 0.508 e. The summed E-state index contributed by atoms with van der Waals surface area (Å²) >= 11 is 0. The molecule has 4 aliphatic heterocycles. The fraction of sp³-hybridized carbons (Fsp3) is 0.0536. The summed E-state index contributed by atoms with van der Waals surface area (Å²) in [5.74, 6) is 2.55. The van der Waals surface area contributed by atoms with Gasteiger partial charge in [0.2, 0.25) is 5.12 Å². The van der Waals surface area contributed by atoms with Gasteiger partial charge in [-0.1, -0.05) is 321 Å². The van der Waals surface area contributed by atoms with Crippen LogP contribution in [0.15, 0.2) is 423 Å². The van der Waals surface area contributed by atoms with Crippen LogP contribution in [0.1, 0.15) is 51.4 Å². The molecular weight excluding hydrogens is 1740 g/mol. The first-order valence-corrected chi connectivity index (χ1v) is 50.5. The molecule has 4 aliphatic rings. The van der Waals surface area contributed by atoms with Crippen LogP contribution in [0.4, 0.5) is 0 Å². The van der Waals surface area contributed by atoms with E-state index in [0.29, 0.717) is 65.9 Å². The van der Waals surface area contributed by atoms with E-state index in [2.05, 4.69) is 0 Å². The maximum Gasteiger partial charge on any atom is 0.597 e. The highest BCUT2D eigenvalue weighted by Crippen LogP contribution is 2.73. The fourth-order valence-corrected chi connectivity index (χ4v) is 30.4. The molecule has 18 aromatic carbocycles. The van der Waals surface area contributed by atoms with Crippen molar-refractivity contribution < 1.29 is 70.6 Å². The van der Waals surface area contributed by atoms with Crippen LogP contribution in [0.25, 0.3) is 76.8 Å². The number of hydrogen-bond acceptors (Lipinski definition) is 15. The zero-order chi connectivity index (χ0) is 91.3. The highest BCUT2D eigenvalue weighted by Gasteiger charge is 2.59. The van der Waals surface area contributed by atoms with E-state index in [-0.39, 0.29) is 34.1 Å². The maximum atomic E-state index is 15.9. The molecular formula is C112H86O15P5+. The van der Waals surface area contributed by atoms with Crippen LogP contribution in [0.5, 0.6) is 51.7 Å². The highest BCUT2D eigenvalue weighted by molar-refractivity contribution is 7.75. The predicted molar refractivity (Wildman–Crippen MR) is 531 cm³/mol. The molecule has 132 heavy (non-hydrogen) atoms. The van der Waals surface area contributed by atoms with Crippen LogP contribution in [-0.2, 0) is 33.1 Å². The Morgan fingerprint density at radius 1 is 0.273 bits per heavy atom. The quantitative estimate of drug-likeness (QED) is 0.0391. The van der Waals surface area contributed by atoms with E-state index in [0.717, 1.165) is 105 Å². The van der Waals surface area contributed by atoms with Crippen LogP contribution < -0.4 is 49.9 Å². The summed E-state index contributed by atoms with van der Waals surface area (Å²) in [6.07, 6.45) is 0. The summed E-state index contributed by atoms with van der Waals surface area (Å²) < 4.78 is 101. The Morgan fingerprint density at radius 3 is 1.11 bits per heavy atom. The van der Waals surface area contributed by atoms with Crippen molar-refractivity contribution in [1.29, 1.82) is 0 Å². The second-order valence-corrected chi connectivity index (χ2v) is 43.5. The number of phenols is 5. The number of aromatic hydroxyl groups is 5. The van der Waals surface area contributed by atoms with Gasteiger partial charge in [-0.15, -0.1) is 0 Å². The number of fused-ring (bicyclic) bond motifs is 16. The number of benzene rings is 18. The molecule has 7 atom stereocenters. The van der Waals surface area contributed by atoms with Gasteiger partial charge in [0.25, 0.3) is 14.7 Å². The summed E-state index contributed by atoms with van der Waals surface area (Å²) in [5.41, 5.74) is 15.2. The van der Waals surface area contributed by atoms with E-state index in [4.69, 9.17) is 22.3 Å². The Labute approximate surface area is 764 Å². The average Bonchev–Trinajstić information content (AvgIpc) is 0.684. The molecule has 0 saturated carbocycles. The molecule has 0 fully saturated rings. The lowest BCUT2D eigenvalue weighted by atomic mass is 9.83. The van der Waals surface area contributed by atoms with Crippen molar-refractivity contribution in [1.82, 2.24) is 0 Å². The van der Waals surface area contributed by atoms with E-state index < -0.39 is 47.4 Å². The lowest BCUT2D eigenvalue weighted by Gasteiger charge is -2.44. The highest BCUT2D eigenvalue weighted by atomic mass is 31.2. The molecule has 5 heterocycles. The summed E-state index contributed by atoms with van der Waals surface area (Å²) in [7, 11) is -16.0. The number of hydrogen-bond donors (Lipinski definition) is 5. The predicted octanol–water partition coefficient (Wildman–Crippen LogP) is 27.1. The molecule has 0 bridgehead atoms. The van der Waals surface area contributed by atoms with Crippen molar-refractivity contribution >= 4 is 101 Å². The van der Waals surface area contributed by atoms with Gasteiger partial charge in [0.05, 0.1) is 31.8 Å². The third kappa shape index (κ3) is 15.1. The Bertz CT molecular complexity index is 7870. The van der Waals surface area contributed by atoms with Crippen molar-refractivity contribution in [2.75, 3.05) is 0 Å². The zero-order valence-electron chi connectivity index (χ0n) is 71.9. The normalized spacial score (nSPS) is 17.6. The molecule has 0 aliphatic carbocycles. The summed E-state index contributed by atoms with van der Waals surface area (Å²) in [6, 6.07) is 130. The van der Waals surface area contributed by atoms with Crippen LogP contribution in [0.2, 0.25) is 0 Å². The summed E-state index contributed by atoms with van der Waals surface area (Å²) in [4.78, 5) is 0. The minimum Gasteiger partial charge on any atom is -0.508 e. The van der Waals surface area contributed by atoms with Crippen LogP contribution in [-0.4, -0.2) is 25.5 Å². The van der Waals surface area contributed by atoms with E-state index in [9.17, 15) is 39.2 Å². The van der Waals surface area contributed by atoms with Crippen molar-refractivity contribution in [3.8, 4) is 96.3 Å². The van der Waals surface area contributed by atoms with Crippen LogP contribution >= 0.6 is 37.1 Å². The first kappa shape index (κ1) is 86.6. The van der Waals surface area contributed by atoms with Gasteiger partial charge in [0.1, 0.15) is 62.1 Å². The first-order chi connectivity index (χ1) is 64.0. The minimum atomic E-state index is -3.75.